The van der Waals surface area contributed by atoms with Gasteiger partial charge in [-0.15, -0.1) is 0 Å². The second-order valence-corrected chi connectivity index (χ2v) is 5.31. The maximum Gasteiger partial charge on any atom is 0.122 e. The molecule has 0 radical (unpaired) electrons. The zero-order valence-electron chi connectivity index (χ0n) is 12.8. The summed E-state index contributed by atoms with van der Waals surface area (Å²) >= 11 is 0. The van der Waals surface area contributed by atoms with Gasteiger partial charge in [0.05, 0.1) is 12.7 Å². The number of ether oxygens (including phenoxy) is 1. The average Bonchev–Trinajstić information content (AvgIpc) is 2.35. The molecule has 108 valence electrons. The van der Waals surface area contributed by atoms with Gasteiger partial charge in [-0.3, -0.25) is 0 Å². The van der Waals surface area contributed by atoms with E-state index < -0.39 is 6.10 Å². The molecule has 19 heavy (non-hydrogen) atoms. The first-order valence-corrected chi connectivity index (χ1v) is 7.03. The van der Waals surface area contributed by atoms with Crippen molar-refractivity contribution in [1.29, 1.82) is 0 Å². The largest absolute Gasteiger partial charge is 0.494 e. The molecule has 3 heteroatoms. The summed E-state index contributed by atoms with van der Waals surface area (Å²) in [4.78, 5) is 0. The van der Waals surface area contributed by atoms with Crippen LogP contribution in [-0.4, -0.2) is 24.4 Å². The monoisotopic (exact) mass is 265 g/mol. The number of rotatable bonds is 6. The van der Waals surface area contributed by atoms with Crippen molar-refractivity contribution < 1.29 is 9.84 Å². The van der Waals surface area contributed by atoms with E-state index in [0.717, 1.165) is 5.75 Å². The van der Waals surface area contributed by atoms with Crippen LogP contribution < -0.4 is 10.5 Å². The first kappa shape index (κ1) is 16.0. The van der Waals surface area contributed by atoms with Gasteiger partial charge in [-0.25, -0.2) is 0 Å². The molecule has 2 atom stereocenters. The van der Waals surface area contributed by atoms with Crippen LogP contribution in [-0.2, 0) is 0 Å². The highest BCUT2D eigenvalue weighted by molar-refractivity contribution is 5.49. The zero-order valence-corrected chi connectivity index (χ0v) is 12.8. The Bertz CT molecular complexity index is 429. The lowest BCUT2D eigenvalue weighted by molar-refractivity contribution is 0.165. The third-order valence-electron chi connectivity index (χ3n) is 3.80. The van der Waals surface area contributed by atoms with Crippen molar-refractivity contribution in [2.24, 2.45) is 5.73 Å². The van der Waals surface area contributed by atoms with Crippen LogP contribution in [0.1, 0.15) is 48.4 Å². The van der Waals surface area contributed by atoms with Crippen LogP contribution in [0, 0.1) is 20.8 Å². The summed E-state index contributed by atoms with van der Waals surface area (Å²) in [7, 11) is 0. The van der Waals surface area contributed by atoms with Crippen LogP contribution >= 0.6 is 0 Å². The Balaban J connectivity index is 3.11. The zero-order chi connectivity index (χ0) is 14.6. The highest BCUT2D eigenvalue weighted by Crippen LogP contribution is 2.34. The molecule has 1 rings (SSSR count). The summed E-state index contributed by atoms with van der Waals surface area (Å²) in [5, 5.41) is 9.73. The number of aliphatic hydroxyl groups is 1. The van der Waals surface area contributed by atoms with Gasteiger partial charge in [-0.2, -0.15) is 0 Å². The molecule has 3 nitrogen and oxygen atoms in total. The lowest BCUT2D eigenvalue weighted by atomic mass is 9.86. The molecule has 0 bridgehead atoms. The van der Waals surface area contributed by atoms with Gasteiger partial charge in [0.2, 0.25) is 0 Å². The topological polar surface area (TPSA) is 55.5 Å². The minimum absolute atomic E-state index is 0.299. The normalized spacial score (nSPS) is 14.3. The van der Waals surface area contributed by atoms with Crippen molar-refractivity contribution in [3.05, 3.63) is 28.3 Å². The fourth-order valence-electron chi connectivity index (χ4n) is 2.75. The molecule has 0 aromatic heterocycles. The molecule has 0 fully saturated rings. The molecule has 0 saturated heterocycles. The van der Waals surface area contributed by atoms with Gasteiger partial charge in [0, 0.05) is 6.54 Å². The Kier molecular flexibility index (Phi) is 5.83. The molecule has 0 aliphatic carbocycles. The fourth-order valence-corrected chi connectivity index (χ4v) is 2.75. The lowest BCUT2D eigenvalue weighted by Crippen LogP contribution is -2.22. The van der Waals surface area contributed by atoms with Crippen LogP contribution in [0.5, 0.6) is 5.75 Å². The molecule has 0 saturated carbocycles. The molecule has 0 aliphatic heterocycles. The van der Waals surface area contributed by atoms with E-state index in [1.807, 2.05) is 6.92 Å². The molecule has 2 unspecified atom stereocenters. The number of nitrogens with two attached hydrogens (primary N) is 1. The Labute approximate surface area is 116 Å². The predicted molar refractivity (Wildman–Crippen MR) is 79.9 cm³/mol. The van der Waals surface area contributed by atoms with Gasteiger partial charge in [0.15, 0.2) is 0 Å². The highest BCUT2D eigenvalue weighted by atomic mass is 16.5. The molecular formula is C16H27NO2. The van der Waals surface area contributed by atoms with E-state index in [0.29, 0.717) is 25.5 Å². The maximum atomic E-state index is 9.73. The Morgan fingerprint density at radius 2 is 1.89 bits per heavy atom. The molecule has 0 aliphatic rings. The standard InChI is InChI=1S/C16H27NO2/c1-6-19-15-8-11(3)16(13(5)12(15)4)10(2)7-14(18)9-17/h8,10,14,18H,6-7,9,17H2,1-5H3. The van der Waals surface area contributed by atoms with Crippen molar-refractivity contribution in [3.63, 3.8) is 0 Å². The number of benzene rings is 1. The van der Waals surface area contributed by atoms with E-state index >= 15 is 0 Å². The lowest BCUT2D eigenvalue weighted by Gasteiger charge is -2.23. The summed E-state index contributed by atoms with van der Waals surface area (Å²) in [5.74, 6) is 1.26. The Morgan fingerprint density at radius 1 is 1.26 bits per heavy atom. The molecule has 1 aromatic carbocycles. The van der Waals surface area contributed by atoms with Gasteiger partial charge >= 0.3 is 0 Å². The molecule has 0 spiro atoms. The van der Waals surface area contributed by atoms with Crippen molar-refractivity contribution in [1.82, 2.24) is 0 Å². The number of aliphatic hydroxyl groups excluding tert-OH is 1. The summed E-state index contributed by atoms with van der Waals surface area (Å²) in [6, 6.07) is 2.10. The molecule has 0 heterocycles. The second kappa shape index (κ2) is 6.92. The predicted octanol–water partition coefficient (Wildman–Crippen LogP) is 2.82. The van der Waals surface area contributed by atoms with Crippen LogP contribution in [0.3, 0.4) is 0 Å². The van der Waals surface area contributed by atoms with E-state index in [1.54, 1.807) is 0 Å². The molecular weight excluding hydrogens is 238 g/mol. The minimum Gasteiger partial charge on any atom is -0.494 e. The maximum absolute atomic E-state index is 9.73. The Morgan fingerprint density at radius 3 is 2.42 bits per heavy atom. The van der Waals surface area contributed by atoms with Gasteiger partial charge in [0.1, 0.15) is 5.75 Å². The first-order valence-electron chi connectivity index (χ1n) is 7.03. The molecule has 0 amide bonds. The third-order valence-corrected chi connectivity index (χ3v) is 3.80. The van der Waals surface area contributed by atoms with Crippen LogP contribution in [0.25, 0.3) is 0 Å². The van der Waals surface area contributed by atoms with Crippen LogP contribution in [0.15, 0.2) is 6.07 Å². The average molecular weight is 265 g/mol. The summed E-state index contributed by atoms with van der Waals surface area (Å²) in [6.07, 6.45) is 0.270. The van der Waals surface area contributed by atoms with Gasteiger partial charge in [0.25, 0.3) is 0 Å². The van der Waals surface area contributed by atoms with E-state index in [9.17, 15) is 5.11 Å². The summed E-state index contributed by atoms with van der Waals surface area (Å²) < 4.78 is 5.67. The van der Waals surface area contributed by atoms with E-state index in [4.69, 9.17) is 10.5 Å². The summed E-state index contributed by atoms with van der Waals surface area (Å²) in [5.41, 5.74) is 10.5. The number of hydrogen-bond donors (Lipinski definition) is 2. The van der Waals surface area contributed by atoms with Crippen molar-refractivity contribution >= 4 is 0 Å². The quantitative estimate of drug-likeness (QED) is 0.831. The van der Waals surface area contributed by atoms with E-state index in [-0.39, 0.29) is 0 Å². The molecule has 1 aromatic rings. The SMILES string of the molecule is CCOc1cc(C)c(C(C)CC(O)CN)c(C)c1C. The number of aryl methyl sites for hydroxylation is 1. The minimum atomic E-state index is -0.430. The first-order chi connectivity index (χ1) is 8.92. The van der Waals surface area contributed by atoms with Gasteiger partial charge < -0.3 is 15.6 Å². The van der Waals surface area contributed by atoms with Crippen LogP contribution in [0.2, 0.25) is 0 Å². The van der Waals surface area contributed by atoms with E-state index in [2.05, 4.69) is 33.8 Å². The van der Waals surface area contributed by atoms with Crippen LogP contribution in [0.4, 0.5) is 0 Å². The molecule has 3 N–H and O–H groups in total. The van der Waals surface area contributed by atoms with Gasteiger partial charge in [-0.1, -0.05) is 6.92 Å². The third kappa shape index (κ3) is 3.71. The highest BCUT2D eigenvalue weighted by Gasteiger charge is 2.18. The van der Waals surface area contributed by atoms with E-state index in [1.165, 1.54) is 22.3 Å². The van der Waals surface area contributed by atoms with Crippen molar-refractivity contribution in [2.45, 2.75) is 53.1 Å². The smallest absolute Gasteiger partial charge is 0.122 e. The van der Waals surface area contributed by atoms with Gasteiger partial charge in [-0.05, 0) is 68.4 Å². The number of hydrogen-bond acceptors (Lipinski definition) is 3. The summed E-state index contributed by atoms with van der Waals surface area (Å²) in [6.45, 7) is 11.5. The van der Waals surface area contributed by atoms with Crippen molar-refractivity contribution in [2.75, 3.05) is 13.2 Å². The fraction of sp³-hybridized carbons (Fsp3) is 0.625. The Hall–Kier alpha value is -1.06. The second-order valence-electron chi connectivity index (χ2n) is 5.31. The van der Waals surface area contributed by atoms with Crippen molar-refractivity contribution in [3.8, 4) is 5.75 Å².